The van der Waals surface area contributed by atoms with E-state index in [1.165, 1.54) is 6.20 Å². The van der Waals surface area contributed by atoms with E-state index < -0.39 is 16.6 Å². The third-order valence-corrected chi connectivity index (χ3v) is 4.64. The first-order valence-corrected chi connectivity index (χ1v) is 8.42. The van der Waals surface area contributed by atoms with Crippen LogP contribution in [0.15, 0.2) is 36.7 Å². The highest BCUT2D eigenvalue weighted by Gasteiger charge is 2.15. The average Bonchev–Trinajstić information content (AvgIpc) is 2.89. The van der Waals surface area contributed by atoms with Crippen LogP contribution in [0, 0.1) is 0 Å². The molecule has 0 bridgehead atoms. The van der Waals surface area contributed by atoms with E-state index in [1.807, 2.05) is 0 Å². The number of imidazole rings is 1. The first-order chi connectivity index (χ1) is 10.4. The monoisotopic (exact) mass is 349 g/mol. The fraction of sp³-hybridized carbons (Fsp3) is 0.308. The number of aromatic nitrogens is 2. The molecule has 1 N–H and O–H groups in total. The summed E-state index contributed by atoms with van der Waals surface area (Å²) < 4.78 is 52.2. The molecule has 0 aliphatic heterocycles. The van der Waals surface area contributed by atoms with Crippen molar-refractivity contribution in [3.8, 4) is 0 Å². The van der Waals surface area contributed by atoms with Crippen LogP contribution < -0.4 is 4.72 Å². The fourth-order valence-corrected chi connectivity index (χ4v) is 3.36. The van der Waals surface area contributed by atoms with Crippen LogP contribution in [0.2, 0.25) is 5.02 Å². The van der Waals surface area contributed by atoms with Gasteiger partial charge in [0.05, 0.1) is 5.75 Å². The molecule has 22 heavy (non-hydrogen) atoms. The van der Waals surface area contributed by atoms with Crippen LogP contribution in [0.4, 0.5) is 8.78 Å². The van der Waals surface area contributed by atoms with Crippen molar-refractivity contribution in [2.24, 2.45) is 0 Å². The number of halogens is 3. The van der Waals surface area contributed by atoms with Gasteiger partial charge in [0, 0.05) is 30.4 Å². The molecule has 1 aromatic carbocycles. The molecule has 0 aliphatic rings. The fourth-order valence-electron chi connectivity index (χ4n) is 1.90. The second-order valence-electron chi connectivity index (χ2n) is 4.52. The van der Waals surface area contributed by atoms with Crippen molar-refractivity contribution >= 4 is 21.6 Å². The summed E-state index contributed by atoms with van der Waals surface area (Å²) in [6, 6.07) is 6.61. The van der Waals surface area contributed by atoms with Gasteiger partial charge in [0.1, 0.15) is 5.82 Å². The second-order valence-corrected chi connectivity index (χ2v) is 6.74. The van der Waals surface area contributed by atoms with E-state index in [2.05, 4.69) is 9.71 Å². The zero-order valence-corrected chi connectivity index (χ0v) is 13.0. The number of nitrogens with one attached hydrogen (secondary N) is 1. The van der Waals surface area contributed by atoms with E-state index in [0.29, 0.717) is 15.2 Å². The lowest BCUT2D eigenvalue weighted by Crippen LogP contribution is -2.28. The Morgan fingerprint density at radius 3 is 2.73 bits per heavy atom. The van der Waals surface area contributed by atoms with Crippen LogP contribution in [0.3, 0.4) is 0 Å². The summed E-state index contributed by atoms with van der Waals surface area (Å²) in [7, 11) is -3.60. The molecule has 1 heterocycles. The molecule has 120 valence electrons. The van der Waals surface area contributed by atoms with E-state index in [9.17, 15) is 17.2 Å². The summed E-state index contributed by atoms with van der Waals surface area (Å²) in [6.07, 6.45) is 2.47. The van der Waals surface area contributed by atoms with Crippen LogP contribution in [-0.2, 0) is 22.2 Å². The van der Waals surface area contributed by atoms with Crippen molar-refractivity contribution in [1.82, 2.24) is 14.3 Å². The van der Waals surface area contributed by atoms with Crippen LogP contribution in [0.5, 0.6) is 0 Å². The third-order valence-electron chi connectivity index (χ3n) is 2.93. The smallest absolute Gasteiger partial charge is 0.278 e. The van der Waals surface area contributed by atoms with Gasteiger partial charge in [-0.1, -0.05) is 29.8 Å². The van der Waals surface area contributed by atoms with Crippen LogP contribution in [0.25, 0.3) is 0 Å². The Balaban J connectivity index is 1.93. The van der Waals surface area contributed by atoms with Gasteiger partial charge in [-0.05, 0) is 11.6 Å². The van der Waals surface area contributed by atoms with E-state index >= 15 is 0 Å². The van der Waals surface area contributed by atoms with Crippen molar-refractivity contribution < 1.29 is 17.2 Å². The average molecular weight is 350 g/mol. The van der Waals surface area contributed by atoms with E-state index in [-0.39, 0.29) is 24.5 Å². The van der Waals surface area contributed by atoms with E-state index in [0.717, 1.165) is 6.20 Å². The number of hydrogen-bond acceptors (Lipinski definition) is 3. The topological polar surface area (TPSA) is 64.0 Å². The van der Waals surface area contributed by atoms with Gasteiger partial charge < -0.3 is 0 Å². The maximum atomic E-state index is 12.6. The Bertz CT molecular complexity index is 734. The maximum absolute atomic E-state index is 12.6. The number of alkyl halides is 2. The Morgan fingerprint density at radius 2 is 2.05 bits per heavy atom. The summed E-state index contributed by atoms with van der Waals surface area (Å²) >= 11 is 5.91. The molecule has 0 atom stereocenters. The molecule has 5 nitrogen and oxygen atoms in total. The molecule has 0 saturated carbocycles. The van der Waals surface area contributed by atoms with Gasteiger partial charge in [-0.3, -0.25) is 4.57 Å². The lowest BCUT2D eigenvalue weighted by Gasteiger charge is -2.09. The standard InChI is InChI=1S/C13H14ClF2N3O2S/c14-11-4-2-1-3-10(11)9-22(20,21)18-6-5-12-17-7-8-19(12)13(15)16/h1-4,7-8,13,18H,5-6,9H2. The van der Waals surface area contributed by atoms with Gasteiger partial charge in [-0.15, -0.1) is 0 Å². The largest absolute Gasteiger partial charge is 0.319 e. The van der Waals surface area contributed by atoms with Gasteiger partial charge in [0.2, 0.25) is 10.0 Å². The molecule has 0 unspecified atom stereocenters. The molecule has 9 heteroatoms. The summed E-state index contributed by atoms with van der Waals surface area (Å²) in [6.45, 7) is -2.71. The first-order valence-electron chi connectivity index (χ1n) is 6.39. The number of benzene rings is 1. The predicted octanol–water partition coefficient (Wildman–Crippen LogP) is 2.59. The predicted molar refractivity (Wildman–Crippen MR) is 79.3 cm³/mol. The SMILES string of the molecule is O=S(=O)(Cc1ccccc1Cl)NCCc1nccn1C(F)F. The summed E-state index contributed by atoms with van der Waals surface area (Å²) in [5.41, 5.74) is 0.478. The molecule has 0 fully saturated rings. The Hall–Kier alpha value is -1.51. The highest BCUT2D eigenvalue weighted by atomic mass is 35.5. The van der Waals surface area contributed by atoms with Crippen molar-refractivity contribution in [1.29, 1.82) is 0 Å². The summed E-state index contributed by atoms with van der Waals surface area (Å²) in [5.74, 6) is -0.147. The molecule has 0 amide bonds. The quantitative estimate of drug-likeness (QED) is 0.835. The zero-order valence-electron chi connectivity index (χ0n) is 11.4. The van der Waals surface area contributed by atoms with Crippen LogP contribution >= 0.6 is 11.6 Å². The van der Waals surface area contributed by atoms with E-state index in [1.54, 1.807) is 24.3 Å². The van der Waals surface area contributed by atoms with Gasteiger partial charge in [-0.25, -0.2) is 18.1 Å². The number of nitrogens with zero attached hydrogens (tertiary/aromatic N) is 2. The van der Waals surface area contributed by atoms with Crippen molar-refractivity contribution in [3.63, 3.8) is 0 Å². The van der Waals surface area contributed by atoms with Crippen molar-refractivity contribution in [2.75, 3.05) is 6.54 Å². The highest BCUT2D eigenvalue weighted by molar-refractivity contribution is 7.88. The van der Waals surface area contributed by atoms with Crippen molar-refractivity contribution in [3.05, 3.63) is 53.1 Å². The second kappa shape index (κ2) is 7.17. The summed E-state index contributed by atoms with van der Waals surface area (Å²) in [4.78, 5) is 3.78. The van der Waals surface area contributed by atoms with Gasteiger partial charge in [-0.2, -0.15) is 8.78 Å². The molecule has 0 spiro atoms. The lowest BCUT2D eigenvalue weighted by molar-refractivity contribution is 0.0671. The van der Waals surface area contributed by atoms with Crippen LogP contribution in [0.1, 0.15) is 17.9 Å². The Morgan fingerprint density at radius 1 is 1.32 bits per heavy atom. The minimum absolute atomic E-state index is 0.0173. The molecule has 2 aromatic rings. The van der Waals surface area contributed by atoms with Crippen LogP contribution in [-0.4, -0.2) is 24.5 Å². The normalized spacial score (nSPS) is 12.0. The van der Waals surface area contributed by atoms with Gasteiger partial charge in [0.15, 0.2) is 0 Å². The maximum Gasteiger partial charge on any atom is 0.319 e. The molecule has 0 radical (unpaired) electrons. The number of hydrogen-bond donors (Lipinski definition) is 1. The Labute approximate surface area is 132 Å². The summed E-state index contributed by atoms with van der Waals surface area (Å²) in [5, 5.41) is 0.362. The molecular weight excluding hydrogens is 336 g/mol. The van der Waals surface area contributed by atoms with Gasteiger partial charge in [0.25, 0.3) is 0 Å². The molecule has 0 aliphatic carbocycles. The first kappa shape index (κ1) is 16.9. The minimum Gasteiger partial charge on any atom is -0.278 e. The number of sulfonamides is 1. The number of rotatable bonds is 7. The molecule has 0 saturated heterocycles. The van der Waals surface area contributed by atoms with Gasteiger partial charge >= 0.3 is 6.55 Å². The van der Waals surface area contributed by atoms with Crippen molar-refractivity contribution in [2.45, 2.75) is 18.7 Å². The Kier molecular flexibility index (Phi) is 5.49. The molecule has 2 rings (SSSR count). The highest BCUT2D eigenvalue weighted by Crippen LogP contribution is 2.17. The van der Waals surface area contributed by atoms with E-state index in [4.69, 9.17) is 11.6 Å². The lowest BCUT2D eigenvalue weighted by atomic mass is 10.2. The third kappa shape index (κ3) is 4.49. The minimum atomic E-state index is -3.60. The molecule has 1 aromatic heterocycles. The zero-order chi connectivity index (χ0) is 16.2. The molecular formula is C13H14ClF2N3O2S.